The average Bonchev–Trinajstić information content (AvgIpc) is 3.25. The Labute approximate surface area is 182 Å². The molecule has 0 radical (unpaired) electrons. The van der Waals surface area contributed by atoms with Gasteiger partial charge in [-0.25, -0.2) is 4.98 Å². The first kappa shape index (κ1) is 21.2. The fourth-order valence-electron chi connectivity index (χ4n) is 4.31. The minimum atomic E-state index is -0.187. The van der Waals surface area contributed by atoms with E-state index in [4.69, 9.17) is 4.74 Å². The minimum absolute atomic E-state index is 0.187. The van der Waals surface area contributed by atoms with E-state index in [-0.39, 0.29) is 5.97 Å². The van der Waals surface area contributed by atoms with Crippen molar-refractivity contribution in [2.24, 2.45) is 0 Å². The molecule has 1 aliphatic heterocycles. The highest BCUT2D eigenvalue weighted by atomic mass is 16.5. The second-order valence-electron chi connectivity index (χ2n) is 7.89. The van der Waals surface area contributed by atoms with Crippen LogP contribution in [0.15, 0.2) is 36.7 Å². The van der Waals surface area contributed by atoms with Crippen LogP contribution in [0.1, 0.15) is 43.1 Å². The molecule has 0 amide bonds. The van der Waals surface area contributed by atoms with E-state index in [0.29, 0.717) is 31.3 Å². The van der Waals surface area contributed by atoms with Crippen molar-refractivity contribution in [1.82, 2.24) is 24.5 Å². The van der Waals surface area contributed by atoms with E-state index in [9.17, 15) is 4.79 Å². The molecule has 0 spiro atoms. The van der Waals surface area contributed by atoms with Gasteiger partial charge in [-0.15, -0.1) is 0 Å². The third kappa shape index (κ3) is 4.54. The number of piperazine rings is 1. The molecule has 0 N–H and O–H groups in total. The molecule has 1 atom stereocenters. The van der Waals surface area contributed by atoms with Gasteiger partial charge in [-0.05, 0) is 32.8 Å². The number of aryl methyl sites for hydroxylation is 1. The van der Waals surface area contributed by atoms with Crippen molar-refractivity contribution < 1.29 is 9.53 Å². The van der Waals surface area contributed by atoms with E-state index in [0.717, 1.165) is 43.3 Å². The zero-order valence-corrected chi connectivity index (χ0v) is 18.5. The number of esters is 1. The molecule has 0 aliphatic carbocycles. The summed E-state index contributed by atoms with van der Waals surface area (Å²) in [5.74, 6) is 1.40. The highest BCUT2D eigenvalue weighted by Crippen LogP contribution is 2.28. The molecule has 164 valence electrons. The van der Waals surface area contributed by atoms with Crippen LogP contribution < -0.4 is 4.90 Å². The third-order valence-corrected chi connectivity index (χ3v) is 6.03. The monoisotopic (exact) mass is 422 g/mol. The quantitative estimate of drug-likeness (QED) is 0.542. The smallest absolute Gasteiger partial charge is 0.306 e. The summed E-state index contributed by atoms with van der Waals surface area (Å²) in [6.45, 7) is 10.1. The number of carbonyl (C=O) groups excluding carboxylic acids is 1. The second-order valence-corrected chi connectivity index (χ2v) is 7.89. The first-order chi connectivity index (χ1) is 15.1. The summed E-state index contributed by atoms with van der Waals surface area (Å²) in [5.41, 5.74) is 3.26. The molecule has 1 fully saturated rings. The zero-order valence-electron chi connectivity index (χ0n) is 18.5. The van der Waals surface area contributed by atoms with Gasteiger partial charge in [-0.3, -0.25) is 9.69 Å². The van der Waals surface area contributed by atoms with Gasteiger partial charge in [-0.1, -0.05) is 30.3 Å². The topological polar surface area (TPSA) is 75.9 Å². The number of ether oxygens (including phenoxy) is 1. The number of anilines is 1. The highest BCUT2D eigenvalue weighted by Gasteiger charge is 2.26. The maximum Gasteiger partial charge on any atom is 0.306 e. The average molecular weight is 423 g/mol. The van der Waals surface area contributed by atoms with Crippen LogP contribution in [0.25, 0.3) is 5.78 Å². The van der Waals surface area contributed by atoms with Crippen LogP contribution in [0.4, 0.5) is 5.82 Å². The number of hydrogen-bond donors (Lipinski definition) is 0. The standard InChI is InChI=1S/C23H30N6O2/c1-4-31-21(30)11-10-20-17(2)26-23-24-16-25-29(23)22(20)28-14-12-27(13-15-28)18(3)19-8-6-5-7-9-19/h5-9,16,18H,4,10-15H2,1-3H3/t18-/m1/s1. The number of rotatable bonds is 7. The summed E-state index contributed by atoms with van der Waals surface area (Å²) in [4.78, 5) is 25.7. The molecule has 8 heteroatoms. The lowest BCUT2D eigenvalue weighted by atomic mass is 10.1. The second kappa shape index (κ2) is 9.43. The molecule has 3 heterocycles. The lowest BCUT2D eigenvalue weighted by molar-refractivity contribution is -0.143. The Morgan fingerprint density at radius 1 is 1.16 bits per heavy atom. The van der Waals surface area contributed by atoms with Gasteiger partial charge in [0.05, 0.1) is 6.61 Å². The Hall–Kier alpha value is -3.00. The van der Waals surface area contributed by atoms with Crippen molar-refractivity contribution in [2.45, 2.75) is 39.7 Å². The van der Waals surface area contributed by atoms with Crippen LogP contribution in [-0.4, -0.2) is 63.2 Å². The summed E-state index contributed by atoms with van der Waals surface area (Å²) in [6.07, 6.45) is 2.44. The van der Waals surface area contributed by atoms with E-state index in [1.807, 2.05) is 18.4 Å². The summed E-state index contributed by atoms with van der Waals surface area (Å²) in [7, 11) is 0. The van der Waals surface area contributed by atoms with Gasteiger partial charge in [0, 0.05) is 49.9 Å². The molecule has 3 aromatic rings. The number of carbonyl (C=O) groups is 1. The molecular weight excluding hydrogens is 392 g/mol. The van der Waals surface area contributed by atoms with Gasteiger partial charge in [0.2, 0.25) is 0 Å². The Bertz CT molecular complexity index is 1030. The Morgan fingerprint density at radius 2 is 1.90 bits per heavy atom. The lowest BCUT2D eigenvalue weighted by Gasteiger charge is -2.39. The lowest BCUT2D eigenvalue weighted by Crippen LogP contribution is -2.48. The number of benzene rings is 1. The maximum absolute atomic E-state index is 12.0. The van der Waals surface area contributed by atoms with Gasteiger partial charge < -0.3 is 9.64 Å². The van der Waals surface area contributed by atoms with E-state index >= 15 is 0 Å². The molecular formula is C23H30N6O2. The molecule has 31 heavy (non-hydrogen) atoms. The van der Waals surface area contributed by atoms with Crippen LogP contribution >= 0.6 is 0 Å². The van der Waals surface area contributed by atoms with E-state index in [2.05, 4.69) is 62.1 Å². The molecule has 4 rings (SSSR count). The summed E-state index contributed by atoms with van der Waals surface area (Å²) in [5, 5.41) is 4.43. The molecule has 1 saturated heterocycles. The van der Waals surface area contributed by atoms with Crippen LogP contribution in [-0.2, 0) is 16.0 Å². The van der Waals surface area contributed by atoms with E-state index in [1.54, 1.807) is 0 Å². The molecule has 1 aliphatic rings. The van der Waals surface area contributed by atoms with Crippen molar-refractivity contribution in [2.75, 3.05) is 37.7 Å². The van der Waals surface area contributed by atoms with Crippen LogP contribution in [0, 0.1) is 6.92 Å². The Morgan fingerprint density at radius 3 is 2.61 bits per heavy atom. The first-order valence-electron chi connectivity index (χ1n) is 11.0. The van der Waals surface area contributed by atoms with Crippen LogP contribution in [0.2, 0.25) is 0 Å². The van der Waals surface area contributed by atoms with Gasteiger partial charge in [0.25, 0.3) is 5.78 Å². The van der Waals surface area contributed by atoms with E-state index in [1.165, 1.54) is 11.9 Å². The number of nitrogens with zero attached hydrogens (tertiary/aromatic N) is 6. The Kier molecular flexibility index (Phi) is 6.46. The van der Waals surface area contributed by atoms with Gasteiger partial charge in [-0.2, -0.15) is 14.6 Å². The normalized spacial score (nSPS) is 15.9. The fourth-order valence-corrected chi connectivity index (χ4v) is 4.31. The third-order valence-electron chi connectivity index (χ3n) is 6.03. The SMILES string of the molecule is CCOC(=O)CCc1c(C)nc2ncnn2c1N1CCN([C@H](C)c2ccccc2)CC1. The predicted octanol–water partition coefficient (Wildman–Crippen LogP) is 2.81. The van der Waals surface area contributed by atoms with Crippen molar-refractivity contribution >= 4 is 17.6 Å². The number of fused-ring (bicyclic) bond motifs is 1. The highest BCUT2D eigenvalue weighted by molar-refractivity contribution is 5.70. The van der Waals surface area contributed by atoms with Crippen molar-refractivity contribution in [3.8, 4) is 0 Å². The van der Waals surface area contributed by atoms with E-state index < -0.39 is 0 Å². The molecule has 8 nitrogen and oxygen atoms in total. The number of aromatic nitrogens is 4. The van der Waals surface area contributed by atoms with Crippen LogP contribution in [0.3, 0.4) is 0 Å². The molecule has 1 aromatic carbocycles. The first-order valence-corrected chi connectivity index (χ1v) is 11.0. The molecule has 0 saturated carbocycles. The summed E-state index contributed by atoms with van der Waals surface area (Å²) in [6, 6.07) is 11.0. The fraction of sp³-hybridized carbons (Fsp3) is 0.478. The predicted molar refractivity (Wildman–Crippen MR) is 119 cm³/mol. The maximum atomic E-state index is 12.0. The van der Waals surface area contributed by atoms with Crippen molar-refractivity contribution in [3.05, 3.63) is 53.5 Å². The largest absolute Gasteiger partial charge is 0.466 e. The van der Waals surface area contributed by atoms with Gasteiger partial charge in [0.15, 0.2) is 0 Å². The zero-order chi connectivity index (χ0) is 21.8. The van der Waals surface area contributed by atoms with Gasteiger partial charge >= 0.3 is 5.97 Å². The Balaban J connectivity index is 1.55. The minimum Gasteiger partial charge on any atom is -0.466 e. The van der Waals surface area contributed by atoms with Crippen molar-refractivity contribution in [1.29, 1.82) is 0 Å². The van der Waals surface area contributed by atoms with Crippen LogP contribution in [0.5, 0.6) is 0 Å². The molecule has 0 bridgehead atoms. The summed E-state index contributed by atoms with van der Waals surface area (Å²) < 4.78 is 6.94. The van der Waals surface area contributed by atoms with Gasteiger partial charge in [0.1, 0.15) is 12.1 Å². The van der Waals surface area contributed by atoms with Crippen molar-refractivity contribution in [3.63, 3.8) is 0 Å². The molecule has 0 unspecified atom stereocenters. The molecule has 2 aromatic heterocycles. The summed E-state index contributed by atoms with van der Waals surface area (Å²) >= 11 is 0. The number of hydrogen-bond acceptors (Lipinski definition) is 7.